The average molecular weight is 398 g/mol. The molecular formula is C17H13F3N2O2S2. The van der Waals surface area contributed by atoms with Crippen molar-refractivity contribution >= 4 is 38.4 Å². The van der Waals surface area contributed by atoms with Crippen molar-refractivity contribution in [3.63, 3.8) is 0 Å². The van der Waals surface area contributed by atoms with Crippen LogP contribution in [0.25, 0.3) is 0 Å². The van der Waals surface area contributed by atoms with E-state index >= 15 is 0 Å². The lowest BCUT2D eigenvalue weighted by molar-refractivity contribution is -0.136. The largest absolute Gasteiger partial charge is 0.418 e. The van der Waals surface area contributed by atoms with Gasteiger partial charge in [0.15, 0.2) is 0 Å². The maximum Gasteiger partial charge on any atom is 0.418 e. The van der Waals surface area contributed by atoms with E-state index in [0.717, 1.165) is 17.4 Å². The number of benzene rings is 2. The van der Waals surface area contributed by atoms with Crippen LogP contribution in [0.4, 0.5) is 30.2 Å². The van der Waals surface area contributed by atoms with Gasteiger partial charge in [0.25, 0.3) is 10.0 Å². The molecule has 3 rings (SSSR count). The first-order valence-corrected chi connectivity index (χ1v) is 9.72. The molecule has 0 saturated heterocycles. The van der Waals surface area contributed by atoms with Crippen LogP contribution in [0.3, 0.4) is 0 Å². The summed E-state index contributed by atoms with van der Waals surface area (Å²) in [7, 11) is -3.67. The van der Waals surface area contributed by atoms with E-state index in [1.54, 1.807) is 11.4 Å². The highest BCUT2D eigenvalue weighted by molar-refractivity contribution is 7.94. The lowest BCUT2D eigenvalue weighted by Crippen LogP contribution is -2.11. The molecule has 1 heterocycles. The third-order valence-electron chi connectivity index (χ3n) is 3.41. The molecule has 0 amide bonds. The van der Waals surface area contributed by atoms with Crippen molar-refractivity contribution in [2.24, 2.45) is 0 Å². The van der Waals surface area contributed by atoms with Crippen LogP contribution in [-0.2, 0) is 16.2 Å². The van der Waals surface area contributed by atoms with Gasteiger partial charge in [-0.1, -0.05) is 18.2 Å². The number of para-hydroxylation sites is 1. The lowest BCUT2D eigenvalue weighted by Gasteiger charge is -2.14. The Hall–Kier alpha value is -2.52. The highest BCUT2D eigenvalue weighted by Crippen LogP contribution is 2.36. The van der Waals surface area contributed by atoms with Gasteiger partial charge in [-0.05, 0) is 47.8 Å². The first kappa shape index (κ1) is 18.3. The number of nitrogens with one attached hydrogen (secondary N) is 2. The minimum atomic E-state index is -4.47. The number of anilines is 3. The van der Waals surface area contributed by atoms with Crippen molar-refractivity contribution in [1.82, 2.24) is 0 Å². The number of thiophene rings is 1. The number of hydrogen-bond acceptors (Lipinski definition) is 4. The molecule has 1 aromatic heterocycles. The summed E-state index contributed by atoms with van der Waals surface area (Å²) in [6.45, 7) is 0. The van der Waals surface area contributed by atoms with E-state index in [1.807, 2.05) is 0 Å². The first-order valence-electron chi connectivity index (χ1n) is 7.35. The highest BCUT2D eigenvalue weighted by atomic mass is 32.2. The number of rotatable bonds is 5. The van der Waals surface area contributed by atoms with Gasteiger partial charge in [-0.15, -0.1) is 11.3 Å². The Bertz CT molecular complexity index is 984. The van der Waals surface area contributed by atoms with Gasteiger partial charge in [-0.3, -0.25) is 4.72 Å². The monoisotopic (exact) mass is 398 g/mol. The van der Waals surface area contributed by atoms with E-state index in [9.17, 15) is 21.6 Å². The molecule has 0 bridgehead atoms. The zero-order chi connectivity index (χ0) is 18.8. The summed E-state index contributed by atoms with van der Waals surface area (Å²) in [5.41, 5.74) is -0.136. The quantitative estimate of drug-likeness (QED) is 0.612. The van der Waals surface area contributed by atoms with Crippen LogP contribution in [-0.4, -0.2) is 8.42 Å². The van der Waals surface area contributed by atoms with Crippen molar-refractivity contribution in [2.45, 2.75) is 10.4 Å². The van der Waals surface area contributed by atoms with Gasteiger partial charge in [-0.25, -0.2) is 8.42 Å². The molecule has 136 valence electrons. The molecule has 4 nitrogen and oxygen atoms in total. The van der Waals surface area contributed by atoms with Crippen LogP contribution < -0.4 is 10.0 Å². The molecule has 9 heteroatoms. The van der Waals surface area contributed by atoms with Crippen LogP contribution in [0.5, 0.6) is 0 Å². The molecule has 0 atom stereocenters. The van der Waals surface area contributed by atoms with Crippen LogP contribution in [0.15, 0.2) is 70.3 Å². The molecule has 26 heavy (non-hydrogen) atoms. The second kappa shape index (κ2) is 7.00. The number of hydrogen-bond donors (Lipinski definition) is 2. The maximum atomic E-state index is 13.0. The lowest BCUT2D eigenvalue weighted by atomic mass is 10.1. The minimum Gasteiger partial charge on any atom is -0.355 e. The van der Waals surface area contributed by atoms with Crippen LogP contribution in [0.1, 0.15) is 5.56 Å². The summed E-state index contributed by atoms with van der Waals surface area (Å²) in [5, 5.41) is 4.35. The summed E-state index contributed by atoms with van der Waals surface area (Å²) in [5.74, 6) is 0. The third kappa shape index (κ3) is 4.17. The maximum absolute atomic E-state index is 13.0. The van der Waals surface area contributed by atoms with Crippen molar-refractivity contribution < 1.29 is 21.6 Å². The van der Waals surface area contributed by atoms with E-state index in [4.69, 9.17) is 0 Å². The fourth-order valence-corrected chi connectivity index (χ4v) is 4.29. The van der Waals surface area contributed by atoms with Crippen molar-refractivity contribution in [1.29, 1.82) is 0 Å². The first-order chi connectivity index (χ1) is 12.3. The van der Waals surface area contributed by atoms with Crippen molar-refractivity contribution in [2.75, 3.05) is 10.0 Å². The number of halogens is 3. The minimum absolute atomic E-state index is 0.0769. The smallest absolute Gasteiger partial charge is 0.355 e. The Labute approximate surface area is 152 Å². The van der Waals surface area contributed by atoms with E-state index in [1.165, 1.54) is 48.5 Å². The number of sulfonamides is 1. The molecule has 2 aromatic carbocycles. The molecule has 0 radical (unpaired) electrons. The highest BCUT2D eigenvalue weighted by Gasteiger charge is 2.33. The molecule has 0 fully saturated rings. The zero-order valence-electron chi connectivity index (χ0n) is 13.1. The summed E-state index contributed by atoms with van der Waals surface area (Å²) in [4.78, 5) is 0. The van der Waals surface area contributed by atoms with E-state index < -0.39 is 21.8 Å². The second-order valence-corrected chi connectivity index (χ2v) is 8.14. The molecule has 0 aliphatic rings. The van der Waals surface area contributed by atoms with Gasteiger partial charge >= 0.3 is 6.18 Å². The van der Waals surface area contributed by atoms with Gasteiger partial charge in [0.2, 0.25) is 0 Å². The second-order valence-electron chi connectivity index (χ2n) is 5.28. The third-order valence-corrected chi connectivity index (χ3v) is 6.19. The Morgan fingerprint density at radius 3 is 2.12 bits per heavy atom. The SMILES string of the molecule is O=S(=O)(Nc1ccc(Nc2ccccc2C(F)(F)F)cc1)c1cccs1. The Morgan fingerprint density at radius 2 is 1.50 bits per heavy atom. The summed E-state index contributed by atoms with van der Waals surface area (Å²) in [6.07, 6.45) is -4.47. The standard InChI is InChI=1S/C17H13F3N2O2S2/c18-17(19,20)14-4-1-2-5-15(14)21-12-7-9-13(10-8-12)22-26(23,24)16-6-3-11-25-16/h1-11,21-22H. The predicted molar refractivity (Wildman–Crippen MR) is 96.3 cm³/mol. The van der Waals surface area contributed by atoms with Crippen molar-refractivity contribution in [3.05, 3.63) is 71.6 Å². The van der Waals surface area contributed by atoms with Crippen molar-refractivity contribution in [3.8, 4) is 0 Å². The van der Waals surface area contributed by atoms with Gasteiger partial charge < -0.3 is 5.32 Å². The fourth-order valence-electron chi connectivity index (χ4n) is 2.24. The Kier molecular flexibility index (Phi) is 4.92. The topological polar surface area (TPSA) is 58.2 Å². The molecule has 0 aliphatic carbocycles. The molecule has 3 aromatic rings. The van der Waals surface area contributed by atoms with Crippen LogP contribution in [0.2, 0.25) is 0 Å². The van der Waals surface area contributed by atoms with Gasteiger partial charge in [0.1, 0.15) is 4.21 Å². The van der Waals surface area contributed by atoms with Gasteiger partial charge in [0, 0.05) is 11.4 Å². The van der Waals surface area contributed by atoms with E-state index in [0.29, 0.717) is 11.4 Å². The predicted octanol–water partition coefficient (Wildman–Crippen LogP) is 5.31. The summed E-state index contributed by atoms with van der Waals surface area (Å²) < 4.78 is 66.0. The Morgan fingerprint density at radius 1 is 0.846 bits per heavy atom. The molecular weight excluding hydrogens is 385 g/mol. The zero-order valence-corrected chi connectivity index (χ0v) is 14.8. The Balaban J connectivity index is 1.77. The molecule has 0 aliphatic heterocycles. The van der Waals surface area contributed by atoms with E-state index in [-0.39, 0.29) is 9.90 Å². The van der Waals surface area contributed by atoms with Gasteiger partial charge in [-0.2, -0.15) is 13.2 Å². The average Bonchev–Trinajstić information content (AvgIpc) is 3.11. The number of alkyl halides is 3. The summed E-state index contributed by atoms with van der Waals surface area (Å²) in [6, 6.07) is 14.2. The van der Waals surface area contributed by atoms with Gasteiger partial charge in [0.05, 0.1) is 11.3 Å². The normalized spacial score (nSPS) is 12.0. The van der Waals surface area contributed by atoms with E-state index in [2.05, 4.69) is 10.0 Å². The summed E-state index contributed by atoms with van der Waals surface area (Å²) >= 11 is 1.09. The molecule has 2 N–H and O–H groups in total. The molecule has 0 unspecified atom stereocenters. The van der Waals surface area contributed by atoms with Crippen LogP contribution >= 0.6 is 11.3 Å². The molecule has 0 saturated carbocycles. The molecule has 0 spiro atoms. The van der Waals surface area contributed by atoms with Crippen LogP contribution in [0, 0.1) is 0 Å². The fraction of sp³-hybridized carbons (Fsp3) is 0.0588.